The van der Waals surface area contributed by atoms with Crippen LogP contribution in [0.15, 0.2) is 53.2 Å². The average molecular weight is 383 g/mol. The number of rotatable bonds is 3. The van der Waals surface area contributed by atoms with Gasteiger partial charge in [0.25, 0.3) is 11.8 Å². The number of benzene rings is 1. The smallest absolute Gasteiger partial charge is 0.265 e. The van der Waals surface area contributed by atoms with Crippen LogP contribution in [0.4, 0.5) is 5.69 Å². The van der Waals surface area contributed by atoms with Gasteiger partial charge in [-0.3, -0.25) is 9.59 Å². The Kier molecular flexibility index (Phi) is 4.61. The number of carbonyl (C=O) groups is 2. The van der Waals surface area contributed by atoms with Crippen molar-refractivity contribution in [3.63, 3.8) is 0 Å². The topological polar surface area (TPSA) is 49.4 Å². The van der Waals surface area contributed by atoms with Crippen LogP contribution in [0.25, 0.3) is 0 Å². The van der Waals surface area contributed by atoms with Crippen LogP contribution >= 0.6 is 22.7 Å². The number of nitrogens with zero attached hydrogens (tertiary/aromatic N) is 1. The lowest BCUT2D eigenvalue weighted by atomic mass is 10.0. The highest BCUT2D eigenvalue weighted by Gasteiger charge is 2.28. The molecule has 0 radical (unpaired) electrons. The summed E-state index contributed by atoms with van der Waals surface area (Å²) in [7, 11) is 0. The zero-order valence-electron chi connectivity index (χ0n) is 14.3. The van der Waals surface area contributed by atoms with E-state index >= 15 is 0 Å². The number of fused-ring (bicyclic) bond motifs is 1. The van der Waals surface area contributed by atoms with Crippen LogP contribution in [0.5, 0.6) is 0 Å². The van der Waals surface area contributed by atoms with E-state index in [0.717, 1.165) is 13.0 Å². The maximum absolute atomic E-state index is 12.9. The Hall–Kier alpha value is -2.44. The van der Waals surface area contributed by atoms with Gasteiger partial charge in [-0.25, -0.2) is 0 Å². The SMILES string of the molecule is C[C@@H]1c2ccsc2CCN1C(=O)c1ccc(NC(=O)c2cccs2)cc1. The molecule has 4 nitrogen and oxygen atoms in total. The van der Waals surface area contributed by atoms with Crippen LogP contribution in [0.3, 0.4) is 0 Å². The Morgan fingerprint density at radius 1 is 1.08 bits per heavy atom. The summed E-state index contributed by atoms with van der Waals surface area (Å²) in [6, 6.07) is 13.0. The fraction of sp³-hybridized carbons (Fsp3) is 0.200. The van der Waals surface area contributed by atoms with Gasteiger partial charge >= 0.3 is 0 Å². The number of carbonyl (C=O) groups excluding carboxylic acids is 2. The molecule has 2 amide bonds. The third-order valence-corrected chi connectivity index (χ3v) is 6.54. The summed E-state index contributed by atoms with van der Waals surface area (Å²) in [6.07, 6.45) is 0.915. The molecule has 1 aliphatic rings. The molecular weight excluding hydrogens is 364 g/mol. The zero-order chi connectivity index (χ0) is 18.1. The molecule has 1 N–H and O–H groups in total. The summed E-state index contributed by atoms with van der Waals surface area (Å²) in [4.78, 5) is 29.0. The van der Waals surface area contributed by atoms with Crippen molar-refractivity contribution in [1.82, 2.24) is 4.90 Å². The van der Waals surface area contributed by atoms with Crippen molar-refractivity contribution in [1.29, 1.82) is 0 Å². The predicted octanol–water partition coefficient (Wildman–Crippen LogP) is 4.82. The van der Waals surface area contributed by atoms with Gasteiger partial charge in [-0.05, 0) is 66.1 Å². The minimum atomic E-state index is -0.131. The second-order valence-electron chi connectivity index (χ2n) is 6.23. The average Bonchev–Trinajstić information content (AvgIpc) is 3.34. The van der Waals surface area contributed by atoms with Gasteiger partial charge in [0.15, 0.2) is 0 Å². The van der Waals surface area contributed by atoms with Crippen molar-refractivity contribution >= 4 is 40.2 Å². The first kappa shape index (κ1) is 17.0. The Morgan fingerprint density at radius 3 is 2.62 bits per heavy atom. The van der Waals surface area contributed by atoms with Gasteiger partial charge in [0.05, 0.1) is 10.9 Å². The number of hydrogen-bond donors (Lipinski definition) is 1. The molecule has 3 heterocycles. The fourth-order valence-electron chi connectivity index (χ4n) is 3.25. The fourth-order valence-corrected chi connectivity index (χ4v) is 4.83. The van der Waals surface area contributed by atoms with E-state index in [0.29, 0.717) is 16.1 Å². The van der Waals surface area contributed by atoms with Crippen LogP contribution in [-0.4, -0.2) is 23.3 Å². The molecule has 0 aliphatic carbocycles. The van der Waals surface area contributed by atoms with E-state index in [1.54, 1.807) is 41.7 Å². The van der Waals surface area contributed by atoms with E-state index in [1.165, 1.54) is 21.8 Å². The van der Waals surface area contributed by atoms with Crippen LogP contribution in [0, 0.1) is 0 Å². The van der Waals surface area contributed by atoms with Gasteiger partial charge in [-0.15, -0.1) is 22.7 Å². The molecule has 4 rings (SSSR count). The Morgan fingerprint density at radius 2 is 1.88 bits per heavy atom. The number of thiophene rings is 2. The van der Waals surface area contributed by atoms with Crippen LogP contribution < -0.4 is 5.32 Å². The van der Waals surface area contributed by atoms with Crippen molar-refractivity contribution in [3.8, 4) is 0 Å². The zero-order valence-corrected chi connectivity index (χ0v) is 15.9. The third kappa shape index (κ3) is 3.18. The first-order chi connectivity index (χ1) is 12.6. The number of anilines is 1. The summed E-state index contributed by atoms with van der Waals surface area (Å²) in [6.45, 7) is 2.82. The van der Waals surface area contributed by atoms with Gasteiger partial charge in [0, 0.05) is 22.7 Å². The highest BCUT2D eigenvalue weighted by Crippen LogP contribution is 2.33. The number of nitrogens with one attached hydrogen (secondary N) is 1. The lowest BCUT2D eigenvalue weighted by Crippen LogP contribution is -2.38. The molecule has 0 unspecified atom stereocenters. The minimum absolute atomic E-state index is 0.0329. The molecule has 1 aromatic carbocycles. The van der Waals surface area contributed by atoms with Crippen molar-refractivity contribution < 1.29 is 9.59 Å². The molecule has 3 aromatic rings. The Bertz CT molecular complexity index is 929. The van der Waals surface area contributed by atoms with E-state index < -0.39 is 0 Å². The number of hydrogen-bond acceptors (Lipinski definition) is 4. The molecule has 0 saturated heterocycles. The van der Waals surface area contributed by atoms with E-state index in [4.69, 9.17) is 0 Å². The molecule has 1 aliphatic heterocycles. The maximum atomic E-state index is 12.9. The molecule has 0 bridgehead atoms. The van der Waals surface area contributed by atoms with E-state index in [9.17, 15) is 9.59 Å². The minimum Gasteiger partial charge on any atom is -0.331 e. The van der Waals surface area contributed by atoms with Crippen LogP contribution in [0.1, 0.15) is 43.4 Å². The molecule has 2 aromatic heterocycles. The lowest BCUT2D eigenvalue weighted by Gasteiger charge is -2.33. The van der Waals surface area contributed by atoms with Gasteiger partial charge in [-0.1, -0.05) is 6.07 Å². The highest BCUT2D eigenvalue weighted by atomic mass is 32.1. The molecule has 0 saturated carbocycles. The van der Waals surface area contributed by atoms with Crippen molar-refractivity contribution in [2.45, 2.75) is 19.4 Å². The van der Waals surface area contributed by atoms with Crippen molar-refractivity contribution in [2.24, 2.45) is 0 Å². The molecule has 6 heteroatoms. The lowest BCUT2D eigenvalue weighted by molar-refractivity contribution is 0.0679. The quantitative estimate of drug-likeness (QED) is 0.706. The summed E-state index contributed by atoms with van der Waals surface area (Å²) >= 11 is 3.17. The van der Waals surface area contributed by atoms with E-state index in [-0.39, 0.29) is 17.9 Å². The van der Waals surface area contributed by atoms with Crippen molar-refractivity contribution in [3.05, 3.63) is 74.1 Å². The summed E-state index contributed by atoms with van der Waals surface area (Å²) in [5, 5.41) is 6.82. The molecule has 132 valence electrons. The predicted molar refractivity (Wildman–Crippen MR) is 106 cm³/mol. The third-order valence-electron chi connectivity index (χ3n) is 4.67. The molecule has 1 atom stereocenters. The van der Waals surface area contributed by atoms with Crippen LogP contribution in [-0.2, 0) is 6.42 Å². The number of amides is 2. The Labute approximate surface area is 160 Å². The second-order valence-corrected chi connectivity index (χ2v) is 8.18. The largest absolute Gasteiger partial charge is 0.331 e. The van der Waals surface area contributed by atoms with E-state index in [1.807, 2.05) is 16.3 Å². The summed E-state index contributed by atoms with van der Waals surface area (Å²) < 4.78 is 0. The first-order valence-corrected chi connectivity index (χ1v) is 10.2. The first-order valence-electron chi connectivity index (χ1n) is 8.45. The van der Waals surface area contributed by atoms with Crippen LogP contribution in [0.2, 0.25) is 0 Å². The second kappa shape index (κ2) is 7.05. The van der Waals surface area contributed by atoms with Crippen molar-refractivity contribution in [2.75, 3.05) is 11.9 Å². The van der Waals surface area contributed by atoms with Gasteiger partial charge in [0.2, 0.25) is 0 Å². The normalized spacial score (nSPS) is 16.2. The van der Waals surface area contributed by atoms with Gasteiger partial charge in [0.1, 0.15) is 0 Å². The summed E-state index contributed by atoms with van der Waals surface area (Å²) in [5.41, 5.74) is 2.59. The highest BCUT2D eigenvalue weighted by molar-refractivity contribution is 7.12. The van der Waals surface area contributed by atoms with Gasteiger partial charge < -0.3 is 10.2 Å². The molecule has 0 spiro atoms. The molecular formula is C20H18N2O2S2. The monoisotopic (exact) mass is 382 g/mol. The maximum Gasteiger partial charge on any atom is 0.265 e. The van der Waals surface area contributed by atoms with Gasteiger partial charge in [-0.2, -0.15) is 0 Å². The standard InChI is InChI=1S/C20H18N2O2S2/c1-13-16-9-12-26-17(16)8-10-22(13)20(24)14-4-6-15(7-5-14)21-19(23)18-3-2-11-25-18/h2-7,9,11-13H,8,10H2,1H3,(H,21,23)/t13-/m1/s1. The summed E-state index contributed by atoms with van der Waals surface area (Å²) in [5.74, 6) is -0.0980. The molecule has 0 fully saturated rings. The Balaban J connectivity index is 1.47. The molecule has 26 heavy (non-hydrogen) atoms. The van der Waals surface area contributed by atoms with E-state index in [2.05, 4.69) is 23.7 Å².